The Bertz CT molecular complexity index is 762. The van der Waals surface area contributed by atoms with Crippen LogP contribution in [0, 0.1) is 11.3 Å². The van der Waals surface area contributed by atoms with Crippen LogP contribution in [0.15, 0.2) is 39.0 Å². The van der Waals surface area contributed by atoms with Crippen LogP contribution in [0.25, 0.3) is 0 Å². The molecule has 2 aromatic rings. The number of benzene rings is 1. The van der Waals surface area contributed by atoms with E-state index in [1.165, 1.54) is 12.1 Å². The second kappa shape index (κ2) is 5.21. The summed E-state index contributed by atoms with van der Waals surface area (Å²) in [4.78, 5) is 0.346. The molecule has 0 unspecified atom stereocenters. The van der Waals surface area contributed by atoms with Crippen molar-refractivity contribution in [3.8, 4) is 6.07 Å². The van der Waals surface area contributed by atoms with E-state index in [2.05, 4.69) is 20.7 Å². The first-order valence-electron chi connectivity index (χ1n) is 5.00. The van der Waals surface area contributed by atoms with Crippen molar-refractivity contribution in [1.29, 1.82) is 5.26 Å². The van der Waals surface area contributed by atoms with Crippen LogP contribution in [-0.2, 0) is 10.0 Å². The van der Waals surface area contributed by atoms with Crippen molar-refractivity contribution in [3.63, 3.8) is 0 Å². The first kappa shape index (κ1) is 13.9. The molecule has 2 rings (SSSR count). The second-order valence-electron chi connectivity index (χ2n) is 3.57. The Morgan fingerprint density at radius 1 is 1.32 bits per heavy atom. The third kappa shape index (κ3) is 3.07. The molecule has 0 saturated heterocycles. The fourth-order valence-corrected chi connectivity index (χ4v) is 3.85. The molecule has 98 valence electrons. The number of nitrogens with two attached hydrogens (primary N) is 1. The zero-order chi connectivity index (χ0) is 14.0. The average molecular weight is 358 g/mol. The lowest BCUT2D eigenvalue weighted by atomic mass is 10.3. The molecule has 0 atom stereocenters. The maximum absolute atomic E-state index is 12.1. The molecule has 0 fully saturated rings. The second-order valence-corrected chi connectivity index (χ2v) is 7.42. The Kier molecular flexibility index (Phi) is 3.80. The van der Waals surface area contributed by atoms with Gasteiger partial charge >= 0.3 is 0 Å². The molecule has 0 saturated carbocycles. The van der Waals surface area contributed by atoms with E-state index >= 15 is 0 Å². The summed E-state index contributed by atoms with van der Waals surface area (Å²) < 4.78 is 27.3. The number of thiophene rings is 1. The van der Waals surface area contributed by atoms with E-state index in [0.717, 1.165) is 11.3 Å². The van der Waals surface area contributed by atoms with E-state index in [4.69, 9.17) is 11.0 Å². The molecule has 1 heterocycles. The molecule has 19 heavy (non-hydrogen) atoms. The fourth-order valence-electron chi connectivity index (χ4n) is 1.32. The third-order valence-corrected chi connectivity index (χ3v) is 5.76. The number of anilines is 2. The first-order valence-corrected chi connectivity index (χ1v) is 8.09. The zero-order valence-electron chi connectivity index (χ0n) is 9.42. The van der Waals surface area contributed by atoms with Gasteiger partial charge in [0.1, 0.15) is 15.2 Å². The van der Waals surface area contributed by atoms with Gasteiger partial charge in [0.05, 0.1) is 5.69 Å². The maximum Gasteiger partial charge on any atom is 0.271 e. The summed E-state index contributed by atoms with van der Waals surface area (Å²) in [7, 11) is -3.68. The van der Waals surface area contributed by atoms with Crippen molar-refractivity contribution in [1.82, 2.24) is 0 Å². The van der Waals surface area contributed by atoms with Gasteiger partial charge in [-0.1, -0.05) is 0 Å². The highest BCUT2D eigenvalue weighted by Gasteiger charge is 2.17. The van der Waals surface area contributed by atoms with Gasteiger partial charge in [0.25, 0.3) is 10.0 Å². The molecule has 3 N–H and O–H groups in total. The van der Waals surface area contributed by atoms with Crippen LogP contribution in [0.1, 0.15) is 4.88 Å². The molecule has 5 nitrogen and oxygen atoms in total. The van der Waals surface area contributed by atoms with Crippen molar-refractivity contribution in [2.24, 2.45) is 0 Å². The number of rotatable bonds is 3. The number of nitrogen functional groups attached to an aromatic ring is 1. The van der Waals surface area contributed by atoms with Crippen molar-refractivity contribution in [2.45, 2.75) is 4.21 Å². The van der Waals surface area contributed by atoms with E-state index in [0.29, 0.717) is 20.7 Å². The van der Waals surface area contributed by atoms with Crippen LogP contribution in [-0.4, -0.2) is 8.42 Å². The SMILES string of the molecule is N#Cc1ccc(S(=O)(=O)Nc2ccc(N)c(Br)c2)s1. The van der Waals surface area contributed by atoms with E-state index in [1.807, 2.05) is 6.07 Å². The Hall–Kier alpha value is -1.56. The lowest BCUT2D eigenvalue weighted by Crippen LogP contribution is -2.11. The lowest BCUT2D eigenvalue weighted by Gasteiger charge is -2.07. The standard InChI is InChI=1S/C11H8BrN3O2S2/c12-9-5-7(1-3-10(9)14)15-19(16,17)11-4-2-8(6-13)18-11/h1-5,15H,14H2. The molecule has 0 spiro atoms. The minimum Gasteiger partial charge on any atom is -0.398 e. The quantitative estimate of drug-likeness (QED) is 0.825. The summed E-state index contributed by atoms with van der Waals surface area (Å²) in [5.41, 5.74) is 6.54. The number of hydrogen-bond acceptors (Lipinski definition) is 5. The van der Waals surface area contributed by atoms with Crippen LogP contribution in [0.3, 0.4) is 0 Å². The molecule has 0 aliphatic rings. The maximum atomic E-state index is 12.1. The van der Waals surface area contributed by atoms with Gasteiger partial charge in [-0.3, -0.25) is 4.72 Å². The van der Waals surface area contributed by atoms with E-state index in [-0.39, 0.29) is 4.21 Å². The summed E-state index contributed by atoms with van der Waals surface area (Å²) in [6.45, 7) is 0. The smallest absolute Gasteiger partial charge is 0.271 e. The largest absolute Gasteiger partial charge is 0.398 e. The van der Waals surface area contributed by atoms with Crippen LogP contribution in [0.5, 0.6) is 0 Å². The zero-order valence-corrected chi connectivity index (χ0v) is 12.6. The number of halogens is 1. The lowest BCUT2D eigenvalue weighted by molar-refractivity contribution is 0.603. The molecule has 1 aromatic carbocycles. The predicted molar refractivity (Wildman–Crippen MR) is 78.4 cm³/mol. The summed E-state index contributed by atoms with van der Waals surface area (Å²) in [6.07, 6.45) is 0. The van der Waals surface area contributed by atoms with Crippen molar-refractivity contribution in [2.75, 3.05) is 10.5 Å². The van der Waals surface area contributed by atoms with Gasteiger partial charge in [-0.25, -0.2) is 8.42 Å². The fraction of sp³-hybridized carbons (Fsp3) is 0. The summed E-state index contributed by atoms with van der Waals surface area (Å²) in [5.74, 6) is 0. The van der Waals surface area contributed by atoms with Crippen LogP contribution < -0.4 is 10.5 Å². The average Bonchev–Trinajstić information content (AvgIpc) is 2.83. The van der Waals surface area contributed by atoms with Gasteiger partial charge < -0.3 is 5.73 Å². The molecule has 0 amide bonds. The van der Waals surface area contributed by atoms with Gasteiger partial charge in [-0.15, -0.1) is 11.3 Å². The van der Waals surface area contributed by atoms with Gasteiger partial charge in [-0.05, 0) is 46.3 Å². The molecule has 1 aromatic heterocycles. The summed E-state index contributed by atoms with van der Waals surface area (Å²) >= 11 is 4.14. The van der Waals surface area contributed by atoms with Gasteiger partial charge in [-0.2, -0.15) is 5.26 Å². The monoisotopic (exact) mass is 357 g/mol. The van der Waals surface area contributed by atoms with Crippen LogP contribution in [0.4, 0.5) is 11.4 Å². The minimum atomic E-state index is -3.68. The topological polar surface area (TPSA) is 96.0 Å². The van der Waals surface area contributed by atoms with Crippen LogP contribution in [0.2, 0.25) is 0 Å². The third-order valence-electron chi connectivity index (χ3n) is 2.21. The first-order chi connectivity index (χ1) is 8.92. The van der Waals surface area contributed by atoms with Gasteiger partial charge in [0, 0.05) is 10.2 Å². The molecule has 0 aliphatic heterocycles. The van der Waals surface area contributed by atoms with Crippen molar-refractivity contribution >= 4 is 48.7 Å². The van der Waals surface area contributed by atoms with Crippen LogP contribution >= 0.6 is 27.3 Å². The molecular formula is C11H8BrN3O2S2. The highest BCUT2D eigenvalue weighted by atomic mass is 79.9. The number of nitriles is 1. The number of sulfonamides is 1. The van der Waals surface area contributed by atoms with E-state index < -0.39 is 10.0 Å². The predicted octanol–water partition coefficient (Wildman–Crippen LogP) is 2.77. The van der Waals surface area contributed by atoms with E-state index in [1.54, 1.807) is 18.2 Å². The molecule has 0 aliphatic carbocycles. The number of nitrogens with zero attached hydrogens (tertiary/aromatic N) is 1. The summed E-state index contributed by atoms with van der Waals surface area (Å²) in [6, 6.07) is 9.51. The molecular weight excluding hydrogens is 350 g/mol. The number of nitrogens with one attached hydrogen (secondary N) is 1. The molecule has 0 radical (unpaired) electrons. The molecule has 8 heteroatoms. The Morgan fingerprint density at radius 3 is 2.63 bits per heavy atom. The minimum absolute atomic E-state index is 0.0944. The van der Waals surface area contributed by atoms with Gasteiger partial charge in [0.2, 0.25) is 0 Å². The molecule has 0 bridgehead atoms. The Morgan fingerprint density at radius 2 is 2.05 bits per heavy atom. The summed E-state index contributed by atoms with van der Waals surface area (Å²) in [5, 5.41) is 8.70. The highest BCUT2D eigenvalue weighted by molar-refractivity contribution is 9.10. The van der Waals surface area contributed by atoms with Crippen molar-refractivity contribution < 1.29 is 8.42 Å². The van der Waals surface area contributed by atoms with Gasteiger partial charge in [0.15, 0.2) is 0 Å². The number of hydrogen-bond donors (Lipinski definition) is 2. The van der Waals surface area contributed by atoms with E-state index in [9.17, 15) is 8.42 Å². The van der Waals surface area contributed by atoms with Crippen molar-refractivity contribution in [3.05, 3.63) is 39.7 Å². The Labute approximate surface area is 122 Å². The Balaban J connectivity index is 2.31. The normalized spacial score (nSPS) is 10.9. The highest BCUT2D eigenvalue weighted by Crippen LogP contribution is 2.27.